The highest BCUT2D eigenvalue weighted by Gasteiger charge is 2.19. The highest BCUT2D eigenvalue weighted by atomic mass is 35.5. The molecule has 9 heteroatoms. The predicted molar refractivity (Wildman–Crippen MR) is 82.5 cm³/mol. The molecule has 0 aliphatic carbocycles. The fourth-order valence-electron chi connectivity index (χ4n) is 1.37. The minimum absolute atomic E-state index is 0.0729. The molecule has 0 aliphatic heterocycles. The molecule has 0 saturated heterocycles. The van der Waals surface area contributed by atoms with Crippen molar-refractivity contribution in [2.24, 2.45) is 0 Å². The molecular weight excluding hydrogens is 365 g/mol. The van der Waals surface area contributed by atoms with Crippen LogP contribution in [0.4, 0.5) is 5.69 Å². The molecule has 0 fully saturated rings. The number of anilines is 1. The van der Waals surface area contributed by atoms with E-state index in [1.807, 2.05) is 0 Å². The van der Waals surface area contributed by atoms with Crippen molar-refractivity contribution in [3.63, 3.8) is 0 Å². The second-order valence-corrected chi connectivity index (χ2v) is 7.83. The van der Waals surface area contributed by atoms with E-state index in [2.05, 4.69) is 4.72 Å². The molecule has 0 aliphatic rings. The van der Waals surface area contributed by atoms with Crippen molar-refractivity contribution in [3.05, 3.63) is 44.2 Å². The number of sulfonamides is 1. The summed E-state index contributed by atoms with van der Waals surface area (Å²) in [4.78, 5) is 0. The molecule has 0 saturated carbocycles. The Morgan fingerprint density at radius 1 is 1.10 bits per heavy atom. The molecule has 2 aromatic rings. The Kier molecular flexibility index (Phi) is 4.84. The van der Waals surface area contributed by atoms with Crippen molar-refractivity contribution in [1.82, 2.24) is 0 Å². The standard InChI is InChI=1S/C11H8Cl3NO3S2/c12-7-2-9(14)10(3-8(7)13)15-20(17,18)11-1-6(4-16)5-19-11/h1-3,5,15-16H,4H2. The Balaban J connectivity index is 2.35. The molecule has 0 bridgehead atoms. The molecule has 20 heavy (non-hydrogen) atoms. The Hall–Kier alpha value is -0.500. The fourth-order valence-corrected chi connectivity index (χ4v) is 4.29. The summed E-state index contributed by atoms with van der Waals surface area (Å²) in [5.41, 5.74) is 0.663. The number of hydrogen-bond acceptors (Lipinski definition) is 4. The van der Waals surface area contributed by atoms with E-state index in [1.54, 1.807) is 5.38 Å². The lowest BCUT2D eigenvalue weighted by molar-refractivity contribution is 0.282. The summed E-state index contributed by atoms with van der Waals surface area (Å²) >= 11 is 18.5. The number of aliphatic hydroxyl groups excluding tert-OH is 1. The number of hydrogen-bond donors (Lipinski definition) is 2. The van der Waals surface area contributed by atoms with Crippen LogP contribution in [0.25, 0.3) is 0 Å². The van der Waals surface area contributed by atoms with E-state index < -0.39 is 10.0 Å². The first-order valence-electron chi connectivity index (χ1n) is 5.19. The third-order valence-corrected chi connectivity index (χ3v) is 6.22. The molecule has 2 rings (SSSR count). The van der Waals surface area contributed by atoms with Gasteiger partial charge in [0.25, 0.3) is 10.0 Å². The molecule has 0 atom stereocenters. The maximum absolute atomic E-state index is 12.2. The second-order valence-electron chi connectivity index (χ2n) is 3.78. The first kappa shape index (κ1) is 15.9. The lowest BCUT2D eigenvalue weighted by Gasteiger charge is -2.09. The minimum atomic E-state index is -3.78. The number of aliphatic hydroxyl groups is 1. The summed E-state index contributed by atoms with van der Waals surface area (Å²) in [6.07, 6.45) is 0. The van der Waals surface area contributed by atoms with Crippen LogP contribution < -0.4 is 4.72 Å². The number of benzene rings is 1. The Bertz CT molecular complexity index is 743. The van der Waals surface area contributed by atoms with E-state index in [-0.39, 0.29) is 31.6 Å². The van der Waals surface area contributed by atoms with E-state index in [1.165, 1.54) is 18.2 Å². The summed E-state index contributed by atoms with van der Waals surface area (Å²) in [5.74, 6) is 0. The molecule has 2 N–H and O–H groups in total. The fraction of sp³-hybridized carbons (Fsp3) is 0.0909. The van der Waals surface area contributed by atoms with Crippen LogP contribution in [0.15, 0.2) is 27.8 Å². The summed E-state index contributed by atoms with van der Waals surface area (Å²) in [7, 11) is -3.78. The smallest absolute Gasteiger partial charge is 0.271 e. The summed E-state index contributed by atoms with van der Waals surface area (Å²) in [5, 5.41) is 11.1. The quantitative estimate of drug-likeness (QED) is 0.797. The molecule has 1 heterocycles. The molecule has 108 valence electrons. The average Bonchev–Trinajstić information content (AvgIpc) is 2.85. The van der Waals surface area contributed by atoms with Crippen LogP contribution in [0.2, 0.25) is 15.1 Å². The lowest BCUT2D eigenvalue weighted by atomic mass is 10.3. The van der Waals surface area contributed by atoms with Gasteiger partial charge in [-0.2, -0.15) is 0 Å². The van der Waals surface area contributed by atoms with Crippen LogP contribution in [0.5, 0.6) is 0 Å². The average molecular weight is 373 g/mol. The Morgan fingerprint density at radius 3 is 2.35 bits per heavy atom. The second kappa shape index (κ2) is 6.09. The van der Waals surface area contributed by atoms with Crippen LogP contribution in [0.3, 0.4) is 0 Å². The zero-order valence-corrected chi connectivity index (χ0v) is 13.6. The van der Waals surface area contributed by atoms with Crippen molar-refractivity contribution in [2.75, 3.05) is 4.72 Å². The van der Waals surface area contributed by atoms with Gasteiger partial charge in [0.05, 0.1) is 27.4 Å². The first-order valence-corrected chi connectivity index (χ1v) is 8.69. The van der Waals surface area contributed by atoms with Crippen molar-refractivity contribution >= 4 is 61.9 Å². The normalized spacial score (nSPS) is 11.6. The van der Waals surface area contributed by atoms with E-state index in [9.17, 15) is 8.42 Å². The molecule has 0 radical (unpaired) electrons. The number of rotatable bonds is 4. The Morgan fingerprint density at radius 2 is 1.75 bits per heavy atom. The maximum atomic E-state index is 12.2. The van der Waals surface area contributed by atoms with E-state index in [0.717, 1.165) is 11.3 Å². The van der Waals surface area contributed by atoms with Crippen LogP contribution in [-0.4, -0.2) is 13.5 Å². The van der Waals surface area contributed by atoms with Crippen LogP contribution >= 0.6 is 46.1 Å². The van der Waals surface area contributed by atoms with Gasteiger partial charge >= 0.3 is 0 Å². The van der Waals surface area contributed by atoms with Gasteiger partial charge in [0, 0.05) is 0 Å². The highest BCUT2D eigenvalue weighted by molar-refractivity contribution is 7.94. The molecule has 0 amide bonds. The van der Waals surface area contributed by atoms with Crippen molar-refractivity contribution in [3.8, 4) is 0 Å². The van der Waals surface area contributed by atoms with Gasteiger partial charge in [-0.1, -0.05) is 34.8 Å². The Labute approximate surface area is 135 Å². The van der Waals surface area contributed by atoms with Gasteiger partial charge in [-0.05, 0) is 29.1 Å². The summed E-state index contributed by atoms with van der Waals surface area (Å²) in [6.45, 7) is -0.223. The van der Waals surface area contributed by atoms with Gasteiger partial charge in [0.1, 0.15) is 4.21 Å². The monoisotopic (exact) mass is 371 g/mol. The predicted octanol–water partition coefficient (Wildman–Crippen LogP) is 4.00. The number of nitrogens with one attached hydrogen (secondary N) is 1. The third-order valence-electron chi connectivity index (χ3n) is 2.33. The van der Waals surface area contributed by atoms with Gasteiger partial charge in [0.15, 0.2) is 0 Å². The zero-order valence-electron chi connectivity index (χ0n) is 9.73. The summed E-state index contributed by atoms with van der Waals surface area (Å²) in [6, 6.07) is 4.08. The topological polar surface area (TPSA) is 66.4 Å². The van der Waals surface area contributed by atoms with Crippen molar-refractivity contribution < 1.29 is 13.5 Å². The molecule has 0 spiro atoms. The van der Waals surface area contributed by atoms with Gasteiger partial charge in [-0.3, -0.25) is 4.72 Å². The van der Waals surface area contributed by atoms with Crippen LogP contribution in [0.1, 0.15) is 5.56 Å². The summed E-state index contributed by atoms with van der Waals surface area (Å²) < 4.78 is 26.7. The van der Waals surface area contributed by atoms with E-state index in [4.69, 9.17) is 39.9 Å². The van der Waals surface area contributed by atoms with Crippen LogP contribution in [-0.2, 0) is 16.6 Å². The van der Waals surface area contributed by atoms with Gasteiger partial charge < -0.3 is 5.11 Å². The van der Waals surface area contributed by atoms with Crippen molar-refractivity contribution in [2.45, 2.75) is 10.8 Å². The molecular formula is C11H8Cl3NO3S2. The van der Waals surface area contributed by atoms with E-state index >= 15 is 0 Å². The number of halogens is 3. The largest absolute Gasteiger partial charge is 0.392 e. The SMILES string of the molecule is O=S(=O)(Nc1cc(Cl)c(Cl)cc1Cl)c1cc(CO)cs1. The van der Waals surface area contributed by atoms with Gasteiger partial charge in [0.2, 0.25) is 0 Å². The lowest BCUT2D eigenvalue weighted by Crippen LogP contribution is -2.11. The molecule has 1 aromatic heterocycles. The molecule has 4 nitrogen and oxygen atoms in total. The first-order chi connectivity index (χ1) is 9.33. The third kappa shape index (κ3) is 3.39. The minimum Gasteiger partial charge on any atom is -0.392 e. The number of thiophene rings is 1. The van der Waals surface area contributed by atoms with Crippen LogP contribution in [0, 0.1) is 0 Å². The van der Waals surface area contributed by atoms with Crippen molar-refractivity contribution in [1.29, 1.82) is 0 Å². The highest BCUT2D eigenvalue weighted by Crippen LogP contribution is 2.34. The van der Waals surface area contributed by atoms with Gasteiger partial charge in [-0.25, -0.2) is 8.42 Å². The molecule has 0 unspecified atom stereocenters. The molecule has 1 aromatic carbocycles. The zero-order chi connectivity index (χ0) is 14.9. The van der Waals surface area contributed by atoms with Gasteiger partial charge in [-0.15, -0.1) is 11.3 Å². The van der Waals surface area contributed by atoms with E-state index in [0.29, 0.717) is 5.56 Å². The maximum Gasteiger partial charge on any atom is 0.271 e.